The summed E-state index contributed by atoms with van der Waals surface area (Å²) < 4.78 is 27.7. The van der Waals surface area contributed by atoms with Crippen molar-refractivity contribution in [2.45, 2.75) is 12.5 Å². The second kappa shape index (κ2) is 7.39. The van der Waals surface area contributed by atoms with Gasteiger partial charge in [0, 0.05) is 41.5 Å². The number of halogens is 2. The van der Waals surface area contributed by atoms with Crippen LogP contribution in [0.4, 0.5) is 14.6 Å². The summed E-state index contributed by atoms with van der Waals surface area (Å²) >= 11 is 0. The molecule has 1 atom stereocenters. The molecule has 2 aromatic carbocycles. The van der Waals surface area contributed by atoms with Crippen LogP contribution in [0.25, 0.3) is 33.4 Å². The average molecular weight is 417 g/mol. The zero-order chi connectivity index (χ0) is 21.5. The first-order valence-corrected chi connectivity index (χ1v) is 9.75. The van der Waals surface area contributed by atoms with Crippen LogP contribution in [0.15, 0.2) is 60.9 Å². The lowest BCUT2D eigenvalue weighted by molar-refractivity contribution is -0.120. The molecule has 1 unspecified atom stereocenters. The van der Waals surface area contributed by atoms with Gasteiger partial charge in [-0.15, -0.1) is 0 Å². The van der Waals surface area contributed by atoms with E-state index in [0.29, 0.717) is 41.1 Å². The molecule has 2 aromatic heterocycles. The van der Waals surface area contributed by atoms with Gasteiger partial charge in [-0.1, -0.05) is 6.07 Å². The molecule has 1 aliphatic rings. The molecular formula is C23H17F2N5O. The van der Waals surface area contributed by atoms with Crippen LogP contribution in [0.1, 0.15) is 6.42 Å². The highest BCUT2D eigenvalue weighted by Crippen LogP contribution is 2.35. The van der Waals surface area contributed by atoms with Gasteiger partial charge in [-0.25, -0.2) is 18.7 Å². The minimum absolute atomic E-state index is 0.264. The standard InChI is InChI=1S/C23H17F2N5O/c24-15-4-5-16(18(25)11-15)13-3-6-19-17(10-13)23(30-9-7-20(30)21(26)31)29-22(28-19)14-2-1-8-27-12-14/h1-6,8,10-12,20H,7,9H2,(H2,26,31). The minimum Gasteiger partial charge on any atom is -0.368 e. The second-order valence-corrected chi connectivity index (χ2v) is 7.37. The van der Waals surface area contributed by atoms with E-state index in [1.54, 1.807) is 36.7 Å². The highest BCUT2D eigenvalue weighted by molar-refractivity contribution is 5.97. The van der Waals surface area contributed by atoms with Crippen LogP contribution in [0, 0.1) is 11.6 Å². The molecule has 1 fully saturated rings. The molecule has 31 heavy (non-hydrogen) atoms. The third-order valence-corrected chi connectivity index (χ3v) is 5.46. The van der Waals surface area contributed by atoms with Crippen LogP contribution in [-0.2, 0) is 4.79 Å². The lowest BCUT2D eigenvalue weighted by Gasteiger charge is -2.40. The normalized spacial score (nSPS) is 15.7. The van der Waals surface area contributed by atoms with Crippen molar-refractivity contribution in [3.8, 4) is 22.5 Å². The van der Waals surface area contributed by atoms with E-state index in [9.17, 15) is 13.6 Å². The number of pyridine rings is 1. The molecule has 0 bridgehead atoms. The highest BCUT2D eigenvalue weighted by atomic mass is 19.1. The van der Waals surface area contributed by atoms with E-state index >= 15 is 0 Å². The van der Waals surface area contributed by atoms with Crippen molar-refractivity contribution < 1.29 is 13.6 Å². The van der Waals surface area contributed by atoms with Gasteiger partial charge in [-0.05, 0) is 48.4 Å². The summed E-state index contributed by atoms with van der Waals surface area (Å²) in [5.74, 6) is -0.721. The number of rotatable bonds is 4. The molecular weight excluding hydrogens is 400 g/mol. The van der Waals surface area contributed by atoms with Crippen molar-refractivity contribution >= 4 is 22.6 Å². The van der Waals surface area contributed by atoms with Gasteiger partial charge in [0.1, 0.15) is 23.5 Å². The number of benzene rings is 2. The number of aromatic nitrogens is 3. The van der Waals surface area contributed by atoms with Crippen LogP contribution in [-0.4, -0.2) is 33.4 Å². The molecule has 154 valence electrons. The number of carbonyl (C=O) groups excluding carboxylic acids is 1. The van der Waals surface area contributed by atoms with Gasteiger partial charge < -0.3 is 10.6 Å². The monoisotopic (exact) mass is 417 g/mol. The van der Waals surface area contributed by atoms with E-state index in [1.165, 1.54) is 12.1 Å². The maximum absolute atomic E-state index is 14.4. The topological polar surface area (TPSA) is 85.0 Å². The Labute approximate surface area is 176 Å². The molecule has 0 spiro atoms. The van der Waals surface area contributed by atoms with Crippen LogP contribution in [0.5, 0.6) is 0 Å². The first-order chi connectivity index (χ1) is 15.0. The third-order valence-electron chi connectivity index (χ3n) is 5.46. The Balaban J connectivity index is 1.71. The molecule has 5 rings (SSSR count). The number of carbonyl (C=O) groups is 1. The van der Waals surface area contributed by atoms with Crippen molar-refractivity contribution in [3.63, 3.8) is 0 Å². The minimum atomic E-state index is -0.659. The fourth-order valence-corrected chi connectivity index (χ4v) is 3.78. The van der Waals surface area contributed by atoms with E-state index in [0.717, 1.165) is 11.6 Å². The van der Waals surface area contributed by atoms with E-state index in [1.807, 2.05) is 11.0 Å². The number of nitrogens with zero attached hydrogens (tertiary/aromatic N) is 4. The Bertz CT molecular complexity index is 1310. The Hall–Kier alpha value is -3.94. The SMILES string of the molecule is NC(=O)C1CCN1c1nc(-c2cccnc2)nc2ccc(-c3ccc(F)cc3F)cc12. The Kier molecular flexibility index (Phi) is 4.54. The predicted molar refractivity (Wildman–Crippen MR) is 113 cm³/mol. The molecule has 0 radical (unpaired) electrons. The number of primary amides is 1. The summed E-state index contributed by atoms with van der Waals surface area (Å²) in [4.78, 5) is 27.2. The van der Waals surface area contributed by atoms with Gasteiger partial charge in [0.15, 0.2) is 5.82 Å². The second-order valence-electron chi connectivity index (χ2n) is 7.37. The summed E-state index contributed by atoms with van der Waals surface area (Å²) in [6.07, 6.45) is 3.96. The maximum Gasteiger partial charge on any atom is 0.240 e. The van der Waals surface area contributed by atoms with Gasteiger partial charge in [0.25, 0.3) is 0 Å². The lowest BCUT2D eigenvalue weighted by Crippen LogP contribution is -2.55. The number of anilines is 1. The summed E-state index contributed by atoms with van der Waals surface area (Å²) in [6, 6.07) is 11.9. The fraction of sp³-hybridized carbons (Fsp3) is 0.130. The summed E-state index contributed by atoms with van der Waals surface area (Å²) in [5.41, 5.74) is 7.74. The number of hydrogen-bond acceptors (Lipinski definition) is 5. The van der Waals surface area contributed by atoms with Crippen LogP contribution < -0.4 is 10.6 Å². The predicted octanol–water partition coefficient (Wildman–Crippen LogP) is 3.70. The average Bonchev–Trinajstić information content (AvgIpc) is 2.73. The molecule has 8 heteroatoms. The third kappa shape index (κ3) is 3.35. The molecule has 0 aliphatic carbocycles. The Morgan fingerprint density at radius 1 is 1.06 bits per heavy atom. The van der Waals surface area contributed by atoms with Crippen LogP contribution >= 0.6 is 0 Å². The first-order valence-electron chi connectivity index (χ1n) is 9.75. The van der Waals surface area contributed by atoms with E-state index in [-0.39, 0.29) is 5.56 Å². The lowest BCUT2D eigenvalue weighted by atomic mass is 9.99. The molecule has 6 nitrogen and oxygen atoms in total. The van der Waals surface area contributed by atoms with Gasteiger partial charge in [-0.3, -0.25) is 9.78 Å². The molecule has 3 heterocycles. The zero-order valence-corrected chi connectivity index (χ0v) is 16.3. The fourth-order valence-electron chi connectivity index (χ4n) is 3.78. The van der Waals surface area contributed by atoms with Crippen molar-refractivity contribution in [3.05, 3.63) is 72.6 Å². The summed E-state index contributed by atoms with van der Waals surface area (Å²) in [7, 11) is 0. The van der Waals surface area contributed by atoms with Crippen LogP contribution in [0.2, 0.25) is 0 Å². The molecule has 1 aliphatic heterocycles. The molecule has 1 amide bonds. The number of fused-ring (bicyclic) bond motifs is 1. The number of hydrogen-bond donors (Lipinski definition) is 1. The molecule has 4 aromatic rings. The van der Waals surface area contributed by atoms with E-state index in [2.05, 4.69) is 9.97 Å². The summed E-state index contributed by atoms with van der Waals surface area (Å²) in [6.45, 7) is 0.612. The first kappa shape index (κ1) is 19.0. The maximum atomic E-state index is 14.4. The van der Waals surface area contributed by atoms with Gasteiger partial charge in [0.05, 0.1) is 5.52 Å². The van der Waals surface area contributed by atoms with Gasteiger partial charge >= 0.3 is 0 Å². The van der Waals surface area contributed by atoms with Crippen molar-refractivity contribution in [1.82, 2.24) is 15.0 Å². The van der Waals surface area contributed by atoms with Gasteiger partial charge in [-0.2, -0.15) is 0 Å². The molecule has 0 saturated carbocycles. The molecule has 1 saturated heterocycles. The van der Waals surface area contributed by atoms with Crippen molar-refractivity contribution in [2.75, 3.05) is 11.4 Å². The van der Waals surface area contributed by atoms with Gasteiger partial charge in [0.2, 0.25) is 5.91 Å². The Morgan fingerprint density at radius 3 is 2.61 bits per heavy atom. The van der Waals surface area contributed by atoms with Crippen molar-refractivity contribution in [2.24, 2.45) is 5.73 Å². The van der Waals surface area contributed by atoms with E-state index in [4.69, 9.17) is 10.7 Å². The quantitative estimate of drug-likeness (QED) is 0.547. The summed E-state index contributed by atoms with van der Waals surface area (Å²) in [5, 5.41) is 0.653. The number of nitrogens with two attached hydrogens (primary N) is 1. The van der Waals surface area contributed by atoms with Crippen molar-refractivity contribution in [1.29, 1.82) is 0 Å². The molecule has 2 N–H and O–H groups in total. The largest absolute Gasteiger partial charge is 0.368 e. The number of amides is 1. The zero-order valence-electron chi connectivity index (χ0n) is 16.3. The smallest absolute Gasteiger partial charge is 0.240 e. The van der Waals surface area contributed by atoms with Crippen LogP contribution in [0.3, 0.4) is 0 Å². The Morgan fingerprint density at radius 2 is 1.94 bits per heavy atom. The van der Waals surface area contributed by atoms with E-state index < -0.39 is 23.6 Å². The highest BCUT2D eigenvalue weighted by Gasteiger charge is 2.35.